The van der Waals surface area contributed by atoms with E-state index < -0.39 is 28.0 Å². The normalized spacial score (nSPS) is 22.8. The Balaban J connectivity index is 1.78. The third-order valence-electron chi connectivity index (χ3n) is 4.82. The number of carboxylic acid groups (broad SMARTS) is 1. The largest absolute Gasteiger partial charge is 0.480 e. The van der Waals surface area contributed by atoms with Crippen LogP contribution in [-0.4, -0.2) is 53.8 Å². The molecule has 0 aliphatic carbocycles. The molecule has 1 aromatic rings. The molecule has 1 unspecified atom stereocenters. The second-order valence-electron chi connectivity index (χ2n) is 6.43. The van der Waals surface area contributed by atoms with Gasteiger partial charge in [-0.15, -0.1) is 0 Å². The van der Waals surface area contributed by atoms with Crippen molar-refractivity contribution in [2.45, 2.75) is 31.7 Å². The Kier molecular flexibility index (Phi) is 5.67. The van der Waals surface area contributed by atoms with Gasteiger partial charge in [-0.3, -0.25) is 4.79 Å². The van der Waals surface area contributed by atoms with Crippen molar-refractivity contribution in [2.75, 3.05) is 19.6 Å². The van der Waals surface area contributed by atoms with Gasteiger partial charge in [0.25, 0.3) is 10.2 Å². The molecule has 1 aromatic carbocycles. The first-order valence-electron chi connectivity index (χ1n) is 8.45. The number of nitrogens with zero attached hydrogens (tertiary/aromatic N) is 2. The van der Waals surface area contributed by atoms with Crippen molar-refractivity contribution >= 4 is 33.4 Å². The summed E-state index contributed by atoms with van der Waals surface area (Å²) in [5, 5.41) is 9.35. The van der Waals surface area contributed by atoms with Gasteiger partial charge in [0.15, 0.2) is 0 Å². The number of carboxylic acids is 1. The summed E-state index contributed by atoms with van der Waals surface area (Å²) >= 11 is 5.81. The first-order chi connectivity index (χ1) is 12.3. The molecule has 0 saturated carbocycles. The Morgan fingerprint density at radius 1 is 1.27 bits per heavy atom. The lowest BCUT2D eigenvalue weighted by Gasteiger charge is -2.36. The zero-order valence-corrected chi connectivity index (χ0v) is 15.6. The molecule has 1 saturated heterocycles. The maximum atomic E-state index is 13.3. The Bertz CT molecular complexity index is 843. The van der Waals surface area contributed by atoms with E-state index in [1.54, 1.807) is 12.1 Å². The number of hydrogen-bond donors (Lipinski definition) is 1. The van der Waals surface area contributed by atoms with Crippen LogP contribution in [0.4, 0.5) is 4.39 Å². The Labute approximate surface area is 157 Å². The first kappa shape index (κ1) is 19.3. The summed E-state index contributed by atoms with van der Waals surface area (Å²) in [5.41, 5.74) is 1.65. The van der Waals surface area contributed by atoms with Crippen molar-refractivity contribution in [1.82, 2.24) is 8.61 Å². The zero-order chi connectivity index (χ0) is 18.9. The molecular weight excluding hydrogens is 383 g/mol. The Morgan fingerprint density at radius 3 is 2.65 bits per heavy atom. The van der Waals surface area contributed by atoms with Crippen LogP contribution >= 0.6 is 11.6 Å². The number of piperidine rings is 1. The summed E-state index contributed by atoms with van der Waals surface area (Å²) in [5.74, 6) is -1.61. The van der Waals surface area contributed by atoms with Crippen molar-refractivity contribution in [1.29, 1.82) is 0 Å². The zero-order valence-electron chi connectivity index (χ0n) is 14.1. The van der Waals surface area contributed by atoms with Gasteiger partial charge in [-0.2, -0.15) is 17.0 Å². The van der Waals surface area contributed by atoms with E-state index in [1.165, 1.54) is 16.4 Å². The summed E-state index contributed by atoms with van der Waals surface area (Å²) < 4.78 is 41.5. The van der Waals surface area contributed by atoms with Gasteiger partial charge in [0.05, 0.1) is 5.02 Å². The predicted molar refractivity (Wildman–Crippen MR) is 96.5 cm³/mol. The maximum Gasteiger partial charge on any atom is 0.322 e. The molecule has 1 fully saturated rings. The summed E-state index contributed by atoms with van der Waals surface area (Å²) in [6.45, 7) is 0.613. The van der Waals surface area contributed by atoms with Crippen LogP contribution in [-0.2, 0) is 15.0 Å². The molecule has 0 radical (unpaired) electrons. The van der Waals surface area contributed by atoms with Crippen LogP contribution < -0.4 is 0 Å². The van der Waals surface area contributed by atoms with Crippen LogP contribution in [0.3, 0.4) is 0 Å². The van der Waals surface area contributed by atoms with E-state index in [0.717, 1.165) is 15.4 Å². The Morgan fingerprint density at radius 2 is 2.04 bits per heavy atom. The summed E-state index contributed by atoms with van der Waals surface area (Å²) in [7, 11) is -3.84. The molecule has 2 aliphatic heterocycles. The number of hydrogen-bond acceptors (Lipinski definition) is 3. The molecule has 0 bridgehead atoms. The fraction of sp³-hybridized carbons (Fsp3) is 0.471. The molecule has 1 N–H and O–H groups in total. The fourth-order valence-electron chi connectivity index (χ4n) is 3.39. The monoisotopic (exact) mass is 402 g/mol. The molecule has 142 valence electrons. The van der Waals surface area contributed by atoms with Crippen molar-refractivity contribution in [3.8, 4) is 0 Å². The van der Waals surface area contributed by atoms with Crippen molar-refractivity contribution in [3.63, 3.8) is 0 Å². The average Bonchev–Trinajstić information content (AvgIpc) is 2.64. The van der Waals surface area contributed by atoms with Crippen LogP contribution in [0.2, 0.25) is 5.02 Å². The minimum Gasteiger partial charge on any atom is -0.480 e. The van der Waals surface area contributed by atoms with Gasteiger partial charge in [-0.05, 0) is 49.0 Å². The van der Waals surface area contributed by atoms with Crippen LogP contribution in [0, 0.1) is 5.82 Å². The molecular formula is C17H20ClFN2O4S. The SMILES string of the molecule is O=C(O)C1CCCCN1S(=O)(=O)N1CC=C(c2ccc(F)c(Cl)c2)CC1. The van der Waals surface area contributed by atoms with Crippen molar-refractivity contribution in [2.24, 2.45) is 0 Å². The van der Waals surface area contributed by atoms with Gasteiger partial charge in [0, 0.05) is 19.6 Å². The topological polar surface area (TPSA) is 77.9 Å². The third kappa shape index (κ3) is 3.78. The summed E-state index contributed by atoms with van der Waals surface area (Å²) in [6.07, 6.45) is 3.92. The number of carbonyl (C=O) groups is 1. The van der Waals surface area contributed by atoms with Crippen LogP contribution in [0.15, 0.2) is 24.3 Å². The molecule has 2 heterocycles. The lowest BCUT2D eigenvalue weighted by Crippen LogP contribution is -2.54. The highest BCUT2D eigenvalue weighted by atomic mass is 35.5. The molecule has 0 amide bonds. The third-order valence-corrected chi connectivity index (χ3v) is 7.13. The molecule has 1 atom stereocenters. The number of aliphatic carboxylic acids is 1. The van der Waals surface area contributed by atoms with Gasteiger partial charge in [-0.1, -0.05) is 23.7 Å². The lowest BCUT2D eigenvalue weighted by atomic mass is 10.0. The highest BCUT2D eigenvalue weighted by molar-refractivity contribution is 7.86. The predicted octanol–water partition coefficient (Wildman–Crippen LogP) is 2.75. The highest BCUT2D eigenvalue weighted by Gasteiger charge is 2.40. The molecule has 0 aromatic heterocycles. The second-order valence-corrected chi connectivity index (χ2v) is 8.72. The molecule has 6 nitrogen and oxygen atoms in total. The van der Waals surface area contributed by atoms with E-state index in [9.17, 15) is 22.7 Å². The quantitative estimate of drug-likeness (QED) is 0.840. The number of rotatable bonds is 4. The van der Waals surface area contributed by atoms with Crippen LogP contribution in [0.1, 0.15) is 31.2 Å². The summed E-state index contributed by atoms with van der Waals surface area (Å²) in [6, 6.07) is 3.42. The average molecular weight is 403 g/mol. The van der Waals surface area contributed by atoms with E-state index in [1.807, 2.05) is 0 Å². The first-order valence-corrected chi connectivity index (χ1v) is 10.2. The number of benzene rings is 1. The fourth-order valence-corrected chi connectivity index (χ4v) is 5.33. The Hall–Kier alpha value is -1.48. The second kappa shape index (κ2) is 7.64. The smallest absolute Gasteiger partial charge is 0.322 e. The maximum absolute atomic E-state index is 13.3. The standard InChI is InChI=1S/C17H20ClFN2O4S/c18-14-11-13(4-5-15(14)19)12-6-9-20(10-7-12)26(24,25)21-8-2-1-3-16(21)17(22)23/h4-6,11,16H,1-3,7-10H2,(H,22,23). The van der Waals surface area contributed by atoms with Gasteiger partial charge in [0.1, 0.15) is 11.9 Å². The van der Waals surface area contributed by atoms with Crippen molar-refractivity contribution in [3.05, 3.63) is 40.7 Å². The minimum absolute atomic E-state index is 0.0241. The van der Waals surface area contributed by atoms with E-state index >= 15 is 0 Å². The van der Waals surface area contributed by atoms with E-state index in [2.05, 4.69) is 0 Å². The van der Waals surface area contributed by atoms with E-state index in [-0.39, 0.29) is 24.7 Å². The van der Waals surface area contributed by atoms with Gasteiger partial charge >= 0.3 is 5.97 Å². The highest BCUT2D eigenvalue weighted by Crippen LogP contribution is 2.29. The van der Waals surface area contributed by atoms with Crippen molar-refractivity contribution < 1.29 is 22.7 Å². The molecule has 2 aliphatic rings. The lowest BCUT2D eigenvalue weighted by molar-refractivity contribution is -0.142. The molecule has 0 spiro atoms. The van der Waals surface area contributed by atoms with Crippen LogP contribution in [0.5, 0.6) is 0 Å². The molecule has 26 heavy (non-hydrogen) atoms. The van der Waals surface area contributed by atoms with E-state index in [0.29, 0.717) is 25.7 Å². The van der Waals surface area contributed by atoms with E-state index in [4.69, 9.17) is 11.6 Å². The molecule has 3 rings (SSSR count). The van der Waals surface area contributed by atoms with Gasteiger partial charge < -0.3 is 5.11 Å². The van der Waals surface area contributed by atoms with Gasteiger partial charge in [-0.25, -0.2) is 4.39 Å². The van der Waals surface area contributed by atoms with Gasteiger partial charge in [0.2, 0.25) is 0 Å². The minimum atomic E-state index is -3.84. The molecule has 9 heteroatoms. The van der Waals surface area contributed by atoms with Crippen LogP contribution in [0.25, 0.3) is 5.57 Å². The number of halogens is 2. The summed E-state index contributed by atoms with van der Waals surface area (Å²) in [4.78, 5) is 11.4.